The number of carbonyl (C=O) groups is 1. The van der Waals surface area contributed by atoms with Crippen LogP contribution in [0.4, 0.5) is 0 Å². The highest BCUT2D eigenvalue weighted by atomic mass is 16.3. The van der Waals surface area contributed by atoms with Crippen LogP contribution in [-0.2, 0) is 4.79 Å². The first-order valence-corrected chi connectivity index (χ1v) is 11.6. The molecule has 5 aliphatic carbocycles. The number of hydrogen-bond donors (Lipinski definition) is 1. The highest BCUT2D eigenvalue weighted by Crippen LogP contribution is 2.86. The Bertz CT molecular complexity index is 827. The van der Waals surface area contributed by atoms with Gasteiger partial charge in [-0.3, -0.25) is 4.79 Å². The summed E-state index contributed by atoms with van der Waals surface area (Å²) in [5.74, 6) is 1.40. The molecule has 9 atom stereocenters. The molecular weight excluding hydrogens is 358 g/mol. The maximum Gasteiger partial charge on any atom is 0.161 e. The molecule has 0 bridgehead atoms. The average molecular weight is 398 g/mol. The van der Waals surface area contributed by atoms with Crippen molar-refractivity contribution in [3.8, 4) is 0 Å². The van der Waals surface area contributed by atoms with Gasteiger partial charge in [0, 0.05) is 22.8 Å². The maximum atomic E-state index is 12.7. The van der Waals surface area contributed by atoms with Gasteiger partial charge in [-0.25, -0.2) is 0 Å². The molecule has 5 aliphatic rings. The van der Waals surface area contributed by atoms with E-state index in [0.717, 1.165) is 6.42 Å². The van der Waals surface area contributed by atoms with Gasteiger partial charge >= 0.3 is 0 Å². The lowest BCUT2D eigenvalue weighted by Gasteiger charge is -2.60. The topological polar surface area (TPSA) is 40.5 Å². The first-order chi connectivity index (χ1) is 13.4. The maximum absolute atomic E-state index is 12.7. The van der Waals surface area contributed by atoms with Crippen molar-refractivity contribution >= 4 is 5.78 Å². The third kappa shape index (κ3) is 2.01. The molecule has 0 aromatic rings. The van der Waals surface area contributed by atoms with E-state index in [1.54, 1.807) is 0 Å². The third-order valence-electron chi connectivity index (χ3n) is 11.2. The Morgan fingerprint density at radius 1 is 1.07 bits per heavy atom. The van der Waals surface area contributed by atoms with Gasteiger partial charge in [-0.1, -0.05) is 45.9 Å². The van der Waals surface area contributed by atoms with Gasteiger partial charge in [0.25, 0.3) is 0 Å². The van der Waals surface area contributed by atoms with Crippen LogP contribution in [0.2, 0.25) is 0 Å². The van der Waals surface area contributed by atoms with Crippen molar-refractivity contribution in [2.75, 3.05) is 14.1 Å². The van der Waals surface area contributed by atoms with Crippen molar-refractivity contribution in [1.29, 1.82) is 0 Å². The number of rotatable bonds is 2. The van der Waals surface area contributed by atoms with Crippen LogP contribution in [0.3, 0.4) is 0 Å². The van der Waals surface area contributed by atoms with Gasteiger partial charge < -0.3 is 10.0 Å². The summed E-state index contributed by atoms with van der Waals surface area (Å²) < 4.78 is 0. The van der Waals surface area contributed by atoms with Crippen LogP contribution in [0.1, 0.15) is 60.3 Å². The van der Waals surface area contributed by atoms with Gasteiger partial charge in [0.1, 0.15) is 0 Å². The van der Waals surface area contributed by atoms with Crippen LogP contribution in [0.25, 0.3) is 0 Å². The zero-order chi connectivity index (χ0) is 21.2. The van der Waals surface area contributed by atoms with E-state index < -0.39 is 0 Å². The van der Waals surface area contributed by atoms with E-state index >= 15 is 0 Å². The smallest absolute Gasteiger partial charge is 0.161 e. The summed E-state index contributed by atoms with van der Waals surface area (Å²) in [6.45, 7) is 11.5. The number of aliphatic hydroxyl groups excluding tert-OH is 1. The van der Waals surface area contributed by atoms with Gasteiger partial charge in [0.2, 0.25) is 0 Å². The Morgan fingerprint density at radius 3 is 2.38 bits per heavy atom. The van der Waals surface area contributed by atoms with E-state index in [1.807, 2.05) is 6.08 Å². The largest absolute Gasteiger partial charge is 0.393 e. The summed E-state index contributed by atoms with van der Waals surface area (Å²) >= 11 is 0. The van der Waals surface area contributed by atoms with Crippen LogP contribution in [-0.4, -0.2) is 42.0 Å². The zero-order valence-electron chi connectivity index (χ0n) is 19.3. The Morgan fingerprint density at radius 2 is 1.72 bits per heavy atom. The number of aliphatic hydroxyl groups is 1. The second-order valence-corrected chi connectivity index (χ2v) is 12.5. The van der Waals surface area contributed by atoms with Crippen molar-refractivity contribution < 1.29 is 9.90 Å². The fraction of sp³-hybridized carbons (Fsp3) is 0.808. The van der Waals surface area contributed by atoms with E-state index in [1.165, 1.54) is 19.3 Å². The minimum Gasteiger partial charge on any atom is -0.393 e. The van der Waals surface area contributed by atoms with Crippen LogP contribution >= 0.6 is 0 Å². The molecule has 0 aromatic carbocycles. The zero-order valence-corrected chi connectivity index (χ0v) is 19.3. The van der Waals surface area contributed by atoms with Crippen molar-refractivity contribution in [3.63, 3.8) is 0 Å². The number of fused-ring (bicyclic) bond motifs is 2. The fourth-order valence-corrected chi connectivity index (χ4v) is 9.17. The van der Waals surface area contributed by atoms with E-state index in [2.05, 4.69) is 71.8 Å². The quantitative estimate of drug-likeness (QED) is 0.699. The van der Waals surface area contributed by atoms with Crippen molar-refractivity contribution in [3.05, 3.63) is 24.3 Å². The first-order valence-electron chi connectivity index (χ1n) is 11.6. The third-order valence-corrected chi connectivity index (χ3v) is 11.2. The standard InChI is InChI=1S/C26H39NO2/c1-16(27(6)7)21-17(28)14-24(5)19-9-8-18-22(2,3)20(29)10-11-25(18)15-26(19,25)13-12-23(21,24)4/h8-11,16-19,21,28H,12-15H2,1-7H3. The molecule has 0 aromatic heterocycles. The molecule has 0 saturated heterocycles. The van der Waals surface area contributed by atoms with Crippen molar-refractivity contribution in [2.24, 2.45) is 44.8 Å². The molecule has 2 spiro atoms. The lowest BCUT2D eigenvalue weighted by molar-refractivity contribution is -0.128. The summed E-state index contributed by atoms with van der Waals surface area (Å²) in [5, 5.41) is 11.3. The number of allylic oxidation sites excluding steroid dienone is 4. The molecule has 3 nitrogen and oxygen atoms in total. The summed E-state index contributed by atoms with van der Waals surface area (Å²) in [6.07, 6.45) is 13.4. The lowest BCUT2D eigenvalue weighted by Crippen LogP contribution is -2.56. The molecule has 9 unspecified atom stereocenters. The van der Waals surface area contributed by atoms with E-state index in [0.29, 0.717) is 23.8 Å². The highest BCUT2D eigenvalue weighted by molar-refractivity contribution is 5.96. The van der Waals surface area contributed by atoms with Crippen molar-refractivity contribution in [1.82, 2.24) is 4.90 Å². The van der Waals surface area contributed by atoms with Crippen LogP contribution in [0.15, 0.2) is 24.3 Å². The Labute approximate surface area is 176 Å². The van der Waals surface area contributed by atoms with E-state index in [4.69, 9.17) is 0 Å². The molecule has 0 heterocycles. The molecule has 160 valence electrons. The second-order valence-electron chi connectivity index (χ2n) is 12.5. The molecule has 3 heteroatoms. The summed E-state index contributed by atoms with van der Waals surface area (Å²) in [7, 11) is 4.29. The Hall–Kier alpha value is -0.930. The summed E-state index contributed by atoms with van der Waals surface area (Å²) in [4.78, 5) is 14.9. The summed E-state index contributed by atoms with van der Waals surface area (Å²) in [5.41, 5.74) is 0.370. The Balaban J connectivity index is 1.60. The van der Waals surface area contributed by atoms with Crippen LogP contribution < -0.4 is 0 Å². The molecule has 0 aliphatic heterocycles. The lowest BCUT2D eigenvalue weighted by atomic mass is 9.44. The molecule has 5 rings (SSSR count). The van der Waals surface area contributed by atoms with Crippen LogP contribution in [0.5, 0.6) is 0 Å². The first kappa shape index (κ1) is 20.0. The van der Waals surface area contributed by atoms with Gasteiger partial charge in [-0.05, 0) is 80.9 Å². The number of nitrogens with zero attached hydrogens (tertiary/aromatic N) is 1. The molecular formula is C26H39NO2. The van der Waals surface area contributed by atoms with E-state index in [9.17, 15) is 9.90 Å². The SMILES string of the molecule is CC(C1C(O)CC2(C)C3C=CC4C(C)(C)C(=O)C=CC45CC35CCC12C)N(C)C. The van der Waals surface area contributed by atoms with Crippen LogP contribution in [0, 0.1) is 44.8 Å². The molecule has 3 saturated carbocycles. The molecule has 1 N–H and O–H groups in total. The van der Waals surface area contributed by atoms with Gasteiger partial charge in [0.05, 0.1) is 6.10 Å². The molecule has 3 fully saturated rings. The average Bonchev–Trinajstić information content (AvgIpc) is 3.24. The Kier molecular flexibility index (Phi) is 3.76. The second kappa shape index (κ2) is 5.46. The molecule has 0 amide bonds. The number of hydrogen-bond acceptors (Lipinski definition) is 3. The number of ketones is 1. The predicted molar refractivity (Wildman–Crippen MR) is 116 cm³/mol. The molecule has 29 heavy (non-hydrogen) atoms. The summed E-state index contributed by atoms with van der Waals surface area (Å²) in [6, 6.07) is 0.366. The van der Waals surface area contributed by atoms with Crippen molar-refractivity contribution in [2.45, 2.75) is 72.4 Å². The number of carbonyl (C=O) groups excluding carboxylic acids is 1. The van der Waals surface area contributed by atoms with Gasteiger partial charge in [-0.15, -0.1) is 0 Å². The monoisotopic (exact) mass is 397 g/mol. The highest BCUT2D eigenvalue weighted by Gasteiger charge is 2.81. The van der Waals surface area contributed by atoms with Gasteiger partial charge in [-0.2, -0.15) is 0 Å². The minimum atomic E-state index is -0.307. The van der Waals surface area contributed by atoms with E-state index in [-0.39, 0.29) is 39.0 Å². The molecule has 0 radical (unpaired) electrons. The fourth-order valence-electron chi connectivity index (χ4n) is 9.17. The van der Waals surface area contributed by atoms with Gasteiger partial charge in [0.15, 0.2) is 5.78 Å². The normalized spacial score (nSPS) is 55.1. The predicted octanol–water partition coefficient (Wildman–Crippen LogP) is 4.47. The minimum absolute atomic E-state index is 0.101.